The number of benzene rings is 1. The topological polar surface area (TPSA) is 20.2 Å². The van der Waals surface area contributed by atoms with E-state index < -0.39 is 6.10 Å². The van der Waals surface area contributed by atoms with Gasteiger partial charge >= 0.3 is 0 Å². The smallest absolute Gasteiger partial charge is 0.0858 e. The van der Waals surface area contributed by atoms with Crippen LogP contribution in [0.1, 0.15) is 35.3 Å². The minimum absolute atomic E-state index is 0.179. The quantitative estimate of drug-likeness (QED) is 0.732. The summed E-state index contributed by atoms with van der Waals surface area (Å²) < 4.78 is 2.13. The summed E-state index contributed by atoms with van der Waals surface area (Å²) in [5.41, 5.74) is 4.51. The van der Waals surface area contributed by atoms with Crippen LogP contribution >= 0.6 is 31.9 Å². The van der Waals surface area contributed by atoms with Crippen molar-refractivity contribution in [2.24, 2.45) is 5.92 Å². The Balaban J connectivity index is 2.79. The summed E-state index contributed by atoms with van der Waals surface area (Å²) in [7, 11) is 0. The molecule has 0 bridgehead atoms. The molecular formula is C13H14Br2O. The monoisotopic (exact) mass is 344 g/mol. The molecule has 1 aliphatic rings. The number of aliphatic hydroxyl groups is 1. The molecule has 16 heavy (non-hydrogen) atoms. The number of rotatable bonds is 0. The van der Waals surface area contributed by atoms with E-state index in [-0.39, 0.29) is 5.92 Å². The number of aliphatic hydroxyl groups excluding tert-OH is 1. The second-order valence-electron chi connectivity index (χ2n) is 4.37. The average molecular weight is 346 g/mol. The largest absolute Gasteiger partial charge is 0.388 e. The first kappa shape index (κ1) is 12.3. The molecule has 1 aromatic rings. The second-order valence-corrected chi connectivity index (χ2v) is 5.95. The molecule has 0 saturated heterocycles. The van der Waals surface area contributed by atoms with Gasteiger partial charge in [-0.25, -0.2) is 0 Å². The van der Waals surface area contributed by atoms with Crippen LogP contribution in [0.25, 0.3) is 6.08 Å². The fraction of sp³-hybridized carbons (Fsp3) is 0.385. The van der Waals surface area contributed by atoms with Gasteiger partial charge in [0.05, 0.1) is 6.10 Å². The predicted molar refractivity (Wildman–Crippen MR) is 74.5 cm³/mol. The second kappa shape index (κ2) is 4.28. The molecule has 1 aromatic carbocycles. The van der Waals surface area contributed by atoms with Gasteiger partial charge < -0.3 is 5.11 Å². The normalized spacial score (nSPS) is 23.4. The molecule has 0 spiro atoms. The van der Waals surface area contributed by atoms with Gasteiger partial charge in [0.1, 0.15) is 0 Å². The number of fused-ring (bicyclic) bond motifs is 1. The summed E-state index contributed by atoms with van der Waals surface area (Å²) in [5.74, 6) is 0.179. The fourth-order valence-electron chi connectivity index (χ4n) is 2.18. The van der Waals surface area contributed by atoms with Gasteiger partial charge in [-0.2, -0.15) is 0 Å². The van der Waals surface area contributed by atoms with Crippen molar-refractivity contribution in [1.29, 1.82) is 0 Å². The van der Waals surface area contributed by atoms with Gasteiger partial charge in [0, 0.05) is 14.9 Å². The third kappa shape index (κ3) is 1.69. The third-order valence-corrected chi connectivity index (χ3v) is 5.82. The van der Waals surface area contributed by atoms with Crippen LogP contribution in [0.3, 0.4) is 0 Å². The first-order chi connectivity index (χ1) is 7.45. The maximum atomic E-state index is 10.3. The van der Waals surface area contributed by atoms with Crippen molar-refractivity contribution < 1.29 is 5.11 Å². The molecule has 0 aliphatic heterocycles. The van der Waals surface area contributed by atoms with Crippen molar-refractivity contribution in [1.82, 2.24) is 0 Å². The van der Waals surface area contributed by atoms with Gasteiger partial charge in [-0.3, -0.25) is 0 Å². The van der Waals surface area contributed by atoms with Crippen molar-refractivity contribution in [2.75, 3.05) is 0 Å². The Bertz CT molecular complexity index is 478. The lowest BCUT2D eigenvalue weighted by atomic mass is 9.83. The van der Waals surface area contributed by atoms with E-state index in [1.807, 2.05) is 13.8 Å². The molecule has 0 amide bonds. The van der Waals surface area contributed by atoms with Crippen LogP contribution in [-0.4, -0.2) is 5.11 Å². The highest BCUT2D eigenvalue weighted by Gasteiger charge is 2.26. The van der Waals surface area contributed by atoms with Crippen LogP contribution in [-0.2, 0) is 0 Å². The molecule has 2 rings (SSSR count). The Morgan fingerprint density at radius 1 is 1.12 bits per heavy atom. The molecule has 2 atom stereocenters. The van der Waals surface area contributed by atoms with Crippen LogP contribution in [0.4, 0.5) is 0 Å². The SMILES string of the molecule is Cc1c(Br)c(Br)c(C)c2c1C=C[C@H](C)[C@H]2O. The van der Waals surface area contributed by atoms with E-state index in [9.17, 15) is 5.11 Å². The van der Waals surface area contributed by atoms with Gasteiger partial charge in [-0.05, 0) is 68.0 Å². The molecule has 1 nitrogen and oxygen atoms in total. The lowest BCUT2D eigenvalue weighted by molar-refractivity contribution is 0.137. The summed E-state index contributed by atoms with van der Waals surface area (Å²) in [6, 6.07) is 0. The van der Waals surface area contributed by atoms with Crippen LogP contribution in [0.2, 0.25) is 0 Å². The highest BCUT2D eigenvalue weighted by Crippen LogP contribution is 2.42. The summed E-state index contributed by atoms with van der Waals surface area (Å²) in [5, 5.41) is 10.3. The van der Waals surface area contributed by atoms with E-state index in [0.29, 0.717) is 0 Å². The number of halogens is 2. The predicted octanol–water partition coefficient (Wildman–Crippen LogP) is 4.52. The first-order valence-corrected chi connectivity index (χ1v) is 6.88. The van der Waals surface area contributed by atoms with Gasteiger partial charge in [0.15, 0.2) is 0 Å². The number of hydrogen-bond donors (Lipinski definition) is 1. The van der Waals surface area contributed by atoms with Crippen molar-refractivity contribution in [2.45, 2.75) is 26.9 Å². The Morgan fingerprint density at radius 3 is 2.31 bits per heavy atom. The highest BCUT2D eigenvalue weighted by molar-refractivity contribution is 9.13. The van der Waals surface area contributed by atoms with Crippen molar-refractivity contribution in [3.63, 3.8) is 0 Å². The zero-order valence-corrected chi connectivity index (χ0v) is 12.7. The van der Waals surface area contributed by atoms with Gasteiger partial charge in [0.25, 0.3) is 0 Å². The van der Waals surface area contributed by atoms with E-state index >= 15 is 0 Å². The first-order valence-electron chi connectivity index (χ1n) is 5.29. The summed E-state index contributed by atoms with van der Waals surface area (Å²) in [6.45, 7) is 6.15. The molecule has 0 saturated carbocycles. The Kier molecular flexibility index (Phi) is 3.30. The molecular weight excluding hydrogens is 332 g/mol. The molecule has 0 aromatic heterocycles. The van der Waals surface area contributed by atoms with Crippen molar-refractivity contribution >= 4 is 37.9 Å². The lowest BCUT2D eigenvalue weighted by Crippen LogP contribution is -2.15. The highest BCUT2D eigenvalue weighted by atomic mass is 79.9. The lowest BCUT2D eigenvalue weighted by Gasteiger charge is -2.27. The summed E-state index contributed by atoms with van der Waals surface area (Å²) in [4.78, 5) is 0. The molecule has 0 unspecified atom stereocenters. The zero-order valence-electron chi connectivity index (χ0n) is 9.51. The van der Waals surface area contributed by atoms with Crippen LogP contribution in [0, 0.1) is 19.8 Å². The summed E-state index contributed by atoms with van der Waals surface area (Å²) >= 11 is 7.16. The Labute approximate surface area is 113 Å². The molecule has 0 radical (unpaired) electrons. The van der Waals surface area contributed by atoms with E-state index in [4.69, 9.17) is 0 Å². The maximum Gasteiger partial charge on any atom is 0.0858 e. The van der Waals surface area contributed by atoms with Crippen molar-refractivity contribution in [3.8, 4) is 0 Å². The van der Waals surface area contributed by atoms with Gasteiger partial charge in [-0.15, -0.1) is 0 Å². The van der Waals surface area contributed by atoms with Gasteiger partial charge in [0.2, 0.25) is 0 Å². The van der Waals surface area contributed by atoms with E-state index in [0.717, 1.165) is 25.6 Å². The van der Waals surface area contributed by atoms with E-state index in [1.54, 1.807) is 0 Å². The molecule has 0 fully saturated rings. The van der Waals surface area contributed by atoms with Crippen LogP contribution in [0.5, 0.6) is 0 Å². The molecule has 0 heterocycles. The molecule has 1 N–H and O–H groups in total. The Morgan fingerprint density at radius 2 is 1.69 bits per heavy atom. The molecule has 86 valence electrons. The third-order valence-electron chi connectivity index (χ3n) is 3.31. The van der Waals surface area contributed by atoms with Crippen LogP contribution < -0.4 is 0 Å². The minimum Gasteiger partial charge on any atom is -0.388 e. The van der Waals surface area contributed by atoms with E-state index in [1.165, 1.54) is 5.56 Å². The summed E-state index contributed by atoms with van der Waals surface area (Å²) in [6.07, 6.45) is 3.79. The minimum atomic E-state index is -0.400. The van der Waals surface area contributed by atoms with Crippen molar-refractivity contribution in [3.05, 3.63) is 37.3 Å². The fourth-order valence-corrected chi connectivity index (χ4v) is 3.20. The zero-order chi connectivity index (χ0) is 12.0. The number of hydrogen-bond acceptors (Lipinski definition) is 1. The van der Waals surface area contributed by atoms with E-state index in [2.05, 4.69) is 50.9 Å². The van der Waals surface area contributed by atoms with Gasteiger partial charge in [-0.1, -0.05) is 19.1 Å². The standard InChI is InChI=1S/C13H14Br2O/c1-6-4-5-9-7(2)11(14)12(15)8(3)10(9)13(6)16/h4-6,13,16H,1-3H3/t6-,13+/m0/s1. The average Bonchev–Trinajstić information content (AvgIpc) is 2.27. The van der Waals surface area contributed by atoms with Crippen LogP contribution in [0.15, 0.2) is 15.0 Å². The molecule has 1 aliphatic carbocycles. The molecule has 3 heteroatoms. The Hall–Kier alpha value is -0.120. The maximum absolute atomic E-state index is 10.3.